The van der Waals surface area contributed by atoms with Gasteiger partial charge in [0.2, 0.25) is 0 Å². The average Bonchev–Trinajstić information content (AvgIpc) is 2.68. The minimum atomic E-state index is 0.720. The number of rotatable bonds is 3. The summed E-state index contributed by atoms with van der Waals surface area (Å²) < 4.78 is 5.40. The number of methoxy groups -OCH3 is 1. The van der Waals surface area contributed by atoms with Crippen LogP contribution in [0.15, 0.2) is 78.9 Å². The molecule has 0 N–H and O–H groups in total. The monoisotopic (exact) mass is 345 g/mol. The predicted octanol–water partition coefficient (Wildman–Crippen LogP) is 6.23. The molecule has 0 saturated carbocycles. The Balaban J connectivity index is 1.99. The van der Waals surface area contributed by atoms with Crippen LogP contribution in [0.25, 0.3) is 33.3 Å². The number of halogens is 1. The maximum atomic E-state index is 6.02. The lowest BCUT2D eigenvalue weighted by molar-refractivity contribution is 0.415. The van der Waals surface area contributed by atoms with Gasteiger partial charge in [0.05, 0.1) is 18.3 Å². The summed E-state index contributed by atoms with van der Waals surface area (Å²) in [6, 6.07) is 26.2. The van der Waals surface area contributed by atoms with Crippen molar-refractivity contribution in [3.8, 4) is 28.1 Å². The van der Waals surface area contributed by atoms with Gasteiger partial charge in [-0.25, -0.2) is 4.98 Å². The standard InChI is InChI=1S/C22H16ClNO/c1-25-18-11-12-21-20(13-18)19(15-5-3-2-4-6-15)14-22(24-21)16-7-9-17(23)10-8-16/h2-14H,1H3. The van der Waals surface area contributed by atoms with E-state index in [1.54, 1.807) is 7.11 Å². The first-order valence-corrected chi connectivity index (χ1v) is 8.42. The summed E-state index contributed by atoms with van der Waals surface area (Å²) >= 11 is 6.02. The summed E-state index contributed by atoms with van der Waals surface area (Å²) in [6.45, 7) is 0. The van der Waals surface area contributed by atoms with E-state index in [9.17, 15) is 0 Å². The molecular formula is C22H16ClNO. The average molecular weight is 346 g/mol. The van der Waals surface area contributed by atoms with Crippen molar-refractivity contribution in [2.45, 2.75) is 0 Å². The van der Waals surface area contributed by atoms with Crippen molar-refractivity contribution < 1.29 is 4.74 Å². The topological polar surface area (TPSA) is 22.1 Å². The maximum Gasteiger partial charge on any atom is 0.119 e. The number of benzene rings is 3. The summed E-state index contributed by atoms with van der Waals surface area (Å²) in [6.07, 6.45) is 0. The quantitative estimate of drug-likeness (QED) is 0.439. The van der Waals surface area contributed by atoms with Crippen molar-refractivity contribution in [3.05, 3.63) is 83.9 Å². The smallest absolute Gasteiger partial charge is 0.119 e. The first-order chi connectivity index (χ1) is 12.2. The zero-order chi connectivity index (χ0) is 17.2. The van der Waals surface area contributed by atoms with E-state index in [1.807, 2.05) is 60.7 Å². The molecule has 0 amide bonds. The van der Waals surface area contributed by atoms with Gasteiger partial charge in [0.15, 0.2) is 0 Å². The molecule has 25 heavy (non-hydrogen) atoms. The zero-order valence-corrected chi connectivity index (χ0v) is 14.5. The lowest BCUT2D eigenvalue weighted by atomic mass is 9.98. The molecule has 0 bridgehead atoms. The number of hydrogen-bond acceptors (Lipinski definition) is 2. The second kappa shape index (κ2) is 6.58. The largest absolute Gasteiger partial charge is 0.497 e. The van der Waals surface area contributed by atoms with E-state index in [4.69, 9.17) is 21.3 Å². The summed E-state index contributed by atoms with van der Waals surface area (Å²) in [4.78, 5) is 4.84. The Hall–Kier alpha value is -2.84. The lowest BCUT2D eigenvalue weighted by Crippen LogP contribution is -1.91. The number of nitrogens with zero attached hydrogens (tertiary/aromatic N) is 1. The Morgan fingerprint density at radius 1 is 0.800 bits per heavy atom. The first-order valence-electron chi connectivity index (χ1n) is 8.05. The van der Waals surface area contributed by atoms with Gasteiger partial charge in [-0.3, -0.25) is 0 Å². The highest BCUT2D eigenvalue weighted by atomic mass is 35.5. The van der Waals surface area contributed by atoms with Gasteiger partial charge >= 0.3 is 0 Å². The van der Waals surface area contributed by atoms with E-state index < -0.39 is 0 Å². The molecule has 2 nitrogen and oxygen atoms in total. The normalized spacial score (nSPS) is 10.8. The second-order valence-corrected chi connectivity index (χ2v) is 6.25. The van der Waals surface area contributed by atoms with Crippen molar-refractivity contribution in [3.63, 3.8) is 0 Å². The number of aromatic nitrogens is 1. The SMILES string of the molecule is COc1ccc2nc(-c3ccc(Cl)cc3)cc(-c3ccccc3)c2c1. The van der Waals surface area contributed by atoms with E-state index in [0.29, 0.717) is 0 Å². The molecule has 0 aliphatic rings. The summed E-state index contributed by atoms with van der Waals surface area (Å²) in [5, 5.41) is 1.79. The van der Waals surface area contributed by atoms with E-state index in [-0.39, 0.29) is 0 Å². The fraction of sp³-hybridized carbons (Fsp3) is 0.0455. The minimum absolute atomic E-state index is 0.720. The Kier molecular flexibility index (Phi) is 4.12. The molecule has 0 unspecified atom stereocenters. The third kappa shape index (κ3) is 3.09. The minimum Gasteiger partial charge on any atom is -0.497 e. The van der Waals surface area contributed by atoms with Crippen molar-refractivity contribution in [1.82, 2.24) is 4.98 Å². The second-order valence-electron chi connectivity index (χ2n) is 5.81. The van der Waals surface area contributed by atoms with Gasteiger partial charge in [-0.1, -0.05) is 54.1 Å². The molecular weight excluding hydrogens is 330 g/mol. The van der Waals surface area contributed by atoms with Crippen molar-refractivity contribution >= 4 is 22.5 Å². The van der Waals surface area contributed by atoms with Crippen LogP contribution in [0, 0.1) is 0 Å². The molecule has 3 heteroatoms. The Bertz CT molecular complexity index is 1030. The van der Waals surface area contributed by atoms with Crippen LogP contribution < -0.4 is 4.74 Å². The van der Waals surface area contributed by atoms with Gasteiger partial charge in [0.1, 0.15) is 5.75 Å². The zero-order valence-electron chi connectivity index (χ0n) is 13.7. The highest BCUT2D eigenvalue weighted by Gasteiger charge is 2.10. The molecule has 0 atom stereocenters. The van der Waals surface area contributed by atoms with Crippen LogP contribution in [-0.2, 0) is 0 Å². The van der Waals surface area contributed by atoms with Crippen molar-refractivity contribution in [2.75, 3.05) is 7.11 Å². The van der Waals surface area contributed by atoms with Crippen LogP contribution in [0.4, 0.5) is 0 Å². The molecule has 3 aromatic carbocycles. The van der Waals surface area contributed by atoms with Crippen LogP contribution in [0.5, 0.6) is 5.75 Å². The Morgan fingerprint density at radius 3 is 2.28 bits per heavy atom. The Morgan fingerprint density at radius 2 is 1.56 bits per heavy atom. The van der Waals surface area contributed by atoms with Gasteiger partial charge in [0, 0.05) is 16.0 Å². The predicted molar refractivity (Wildman–Crippen MR) is 104 cm³/mol. The molecule has 0 radical (unpaired) electrons. The maximum absolute atomic E-state index is 6.02. The first kappa shape index (κ1) is 15.7. The third-order valence-electron chi connectivity index (χ3n) is 4.24. The molecule has 1 aromatic heterocycles. The number of hydrogen-bond donors (Lipinski definition) is 0. The van der Waals surface area contributed by atoms with Gasteiger partial charge in [-0.15, -0.1) is 0 Å². The molecule has 1 heterocycles. The number of pyridine rings is 1. The van der Waals surface area contributed by atoms with Crippen LogP contribution >= 0.6 is 11.6 Å². The molecule has 0 fully saturated rings. The summed E-state index contributed by atoms with van der Waals surface area (Å²) in [5.41, 5.74) is 5.19. The van der Waals surface area contributed by atoms with E-state index in [0.717, 1.165) is 44.1 Å². The van der Waals surface area contributed by atoms with Crippen LogP contribution in [0.1, 0.15) is 0 Å². The van der Waals surface area contributed by atoms with Gasteiger partial charge in [-0.2, -0.15) is 0 Å². The van der Waals surface area contributed by atoms with Crippen molar-refractivity contribution in [2.24, 2.45) is 0 Å². The van der Waals surface area contributed by atoms with Crippen molar-refractivity contribution in [1.29, 1.82) is 0 Å². The fourth-order valence-corrected chi connectivity index (χ4v) is 3.08. The molecule has 122 valence electrons. The van der Waals surface area contributed by atoms with Crippen LogP contribution in [0.3, 0.4) is 0 Å². The highest BCUT2D eigenvalue weighted by molar-refractivity contribution is 6.30. The molecule has 0 saturated heterocycles. The number of ether oxygens (including phenoxy) is 1. The summed E-state index contributed by atoms with van der Waals surface area (Å²) in [5.74, 6) is 0.825. The van der Waals surface area contributed by atoms with Crippen LogP contribution in [-0.4, -0.2) is 12.1 Å². The van der Waals surface area contributed by atoms with Gasteiger partial charge in [0.25, 0.3) is 0 Å². The lowest BCUT2D eigenvalue weighted by Gasteiger charge is -2.12. The van der Waals surface area contributed by atoms with Gasteiger partial charge < -0.3 is 4.74 Å². The third-order valence-corrected chi connectivity index (χ3v) is 4.49. The fourth-order valence-electron chi connectivity index (χ4n) is 2.96. The number of fused-ring (bicyclic) bond motifs is 1. The van der Waals surface area contributed by atoms with Gasteiger partial charge in [-0.05, 0) is 47.5 Å². The molecule has 4 aromatic rings. The molecule has 0 aliphatic carbocycles. The van der Waals surface area contributed by atoms with E-state index in [2.05, 4.69) is 18.2 Å². The molecule has 0 aliphatic heterocycles. The summed E-state index contributed by atoms with van der Waals surface area (Å²) in [7, 11) is 1.68. The molecule has 4 rings (SSSR count). The van der Waals surface area contributed by atoms with E-state index >= 15 is 0 Å². The highest BCUT2D eigenvalue weighted by Crippen LogP contribution is 2.34. The van der Waals surface area contributed by atoms with Crippen LogP contribution in [0.2, 0.25) is 5.02 Å². The molecule has 0 spiro atoms. The Labute approximate surface area is 151 Å². The van der Waals surface area contributed by atoms with E-state index in [1.165, 1.54) is 0 Å².